The van der Waals surface area contributed by atoms with Crippen molar-refractivity contribution in [3.05, 3.63) is 42.1 Å². The van der Waals surface area contributed by atoms with E-state index in [1.165, 1.54) is 11.9 Å². The van der Waals surface area contributed by atoms with Crippen LogP contribution in [0.4, 0.5) is 24.8 Å². The first-order valence-electron chi connectivity index (χ1n) is 10.7. The van der Waals surface area contributed by atoms with Crippen LogP contribution in [0.5, 0.6) is 0 Å². The van der Waals surface area contributed by atoms with Gasteiger partial charge in [-0.15, -0.1) is 0 Å². The predicted molar refractivity (Wildman–Crippen MR) is 126 cm³/mol. The summed E-state index contributed by atoms with van der Waals surface area (Å²) in [6.07, 6.45) is -3.89. The van der Waals surface area contributed by atoms with Gasteiger partial charge in [-0.25, -0.2) is 19.7 Å². The maximum absolute atomic E-state index is 12.9. The number of nitrogens with zero attached hydrogens (tertiary/aromatic N) is 5. The number of esters is 1. The lowest BCUT2D eigenvalue weighted by Gasteiger charge is -2.22. The number of likely N-dealkylation sites (tertiary alicyclic amines) is 1. The number of halogens is 3. The number of likely N-dealkylation sites (N-methyl/N-ethyl adjacent to an activating group) is 1. The van der Waals surface area contributed by atoms with Crippen molar-refractivity contribution >= 4 is 34.4 Å². The number of hydrogen-bond acceptors (Lipinski definition) is 8. The zero-order valence-corrected chi connectivity index (χ0v) is 19.6. The largest absolute Gasteiger partial charge is 0.490 e. The zero-order valence-electron chi connectivity index (χ0n) is 19.6. The predicted octanol–water partition coefficient (Wildman–Crippen LogP) is 2.40. The first kappa shape index (κ1) is 24.7. The molecule has 0 bridgehead atoms. The minimum absolute atomic E-state index is 0.0897. The number of nitrogen functional groups attached to an aromatic ring is 1. The van der Waals surface area contributed by atoms with Crippen LogP contribution in [-0.2, 0) is 14.3 Å². The summed E-state index contributed by atoms with van der Waals surface area (Å²) in [6, 6.07) is 8.35. The molecule has 36 heavy (non-hydrogen) atoms. The highest BCUT2D eigenvalue weighted by molar-refractivity contribution is 5.96. The fourth-order valence-electron chi connectivity index (χ4n) is 3.73. The van der Waals surface area contributed by atoms with Crippen molar-refractivity contribution in [2.75, 3.05) is 38.3 Å². The minimum atomic E-state index is -5.26. The van der Waals surface area contributed by atoms with E-state index in [1.54, 1.807) is 41.4 Å². The second-order valence-corrected chi connectivity index (χ2v) is 8.38. The van der Waals surface area contributed by atoms with Crippen LogP contribution in [0.1, 0.15) is 12.0 Å². The molecule has 0 unspecified atom stereocenters. The number of amides is 1. The van der Waals surface area contributed by atoms with Gasteiger partial charge in [0.1, 0.15) is 17.2 Å². The third-order valence-corrected chi connectivity index (χ3v) is 5.57. The lowest BCUT2D eigenvalue weighted by atomic mass is 10.0. The zero-order chi connectivity index (χ0) is 26.3. The highest BCUT2D eigenvalue weighted by Crippen LogP contribution is 2.31. The molecule has 2 aromatic heterocycles. The molecule has 3 heterocycles. The van der Waals surface area contributed by atoms with E-state index in [-0.39, 0.29) is 18.8 Å². The Balaban J connectivity index is 1.76. The molecular formula is C24H21F3N6O3. The third kappa shape index (κ3) is 4.59. The van der Waals surface area contributed by atoms with Crippen LogP contribution in [0.3, 0.4) is 0 Å². The maximum Gasteiger partial charge on any atom is 0.490 e. The van der Waals surface area contributed by atoms with Crippen LogP contribution in [0.15, 0.2) is 36.5 Å². The molecule has 0 radical (unpaired) electrons. The second-order valence-electron chi connectivity index (χ2n) is 8.38. The van der Waals surface area contributed by atoms with E-state index in [0.29, 0.717) is 33.7 Å². The smallest absolute Gasteiger partial charge is 0.429 e. The number of pyridine rings is 1. The number of aromatic nitrogens is 3. The van der Waals surface area contributed by atoms with Gasteiger partial charge in [-0.3, -0.25) is 4.79 Å². The Morgan fingerprint density at radius 1 is 1.25 bits per heavy atom. The van der Waals surface area contributed by atoms with Crippen molar-refractivity contribution in [2.24, 2.45) is 0 Å². The van der Waals surface area contributed by atoms with Gasteiger partial charge < -0.3 is 20.3 Å². The average molecular weight is 498 g/mol. The van der Waals surface area contributed by atoms with Crippen LogP contribution < -0.4 is 10.6 Å². The van der Waals surface area contributed by atoms with Crippen molar-refractivity contribution in [1.29, 1.82) is 0 Å². The topological polar surface area (TPSA) is 115 Å². The molecule has 0 spiro atoms. The van der Waals surface area contributed by atoms with E-state index in [4.69, 9.17) is 5.73 Å². The number of fused-ring (bicyclic) bond motifs is 1. The fourth-order valence-corrected chi connectivity index (χ4v) is 3.73. The van der Waals surface area contributed by atoms with Gasteiger partial charge in [-0.2, -0.15) is 13.2 Å². The van der Waals surface area contributed by atoms with Crippen LogP contribution in [0.25, 0.3) is 22.3 Å². The van der Waals surface area contributed by atoms with Gasteiger partial charge in [0, 0.05) is 56.8 Å². The normalized spacial score (nSPS) is 17.6. The summed E-state index contributed by atoms with van der Waals surface area (Å²) in [5, 5.41) is 0.712. The van der Waals surface area contributed by atoms with Crippen molar-refractivity contribution < 1.29 is 27.5 Å². The van der Waals surface area contributed by atoms with Gasteiger partial charge in [0.25, 0.3) is 11.5 Å². The van der Waals surface area contributed by atoms with Gasteiger partial charge in [0.15, 0.2) is 5.82 Å². The van der Waals surface area contributed by atoms with Crippen molar-refractivity contribution in [3.8, 4) is 23.2 Å². The van der Waals surface area contributed by atoms with Crippen LogP contribution >= 0.6 is 0 Å². The highest BCUT2D eigenvalue weighted by Gasteiger charge is 2.53. The summed E-state index contributed by atoms with van der Waals surface area (Å²) < 4.78 is 43.2. The maximum atomic E-state index is 12.9. The fraction of sp³-hybridized carbons (Fsp3) is 0.292. The Hall–Kier alpha value is -4.40. The number of anilines is 2. The van der Waals surface area contributed by atoms with E-state index < -0.39 is 23.7 Å². The van der Waals surface area contributed by atoms with Gasteiger partial charge in [-0.1, -0.05) is 18.1 Å². The Morgan fingerprint density at radius 3 is 2.64 bits per heavy atom. The second kappa shape index (κ2) is 8.99. The molecular weight excluding hydrogens is 477 g/mol. The molecule has 1 aromatic carbocycles. The Kier molecular flexibility index (Phi) is 6.17. The van der Waals surface area contributed by atoms with Crippen LogP contribution in [-0.4, -0.2) is 71.2 Å². The monoisotopic (exact) mass is 498 g/mol. The Labute approximate surface area is 204 Å². The Bertz CT molecular complexity index is 1430. The van der Waals surface area contributed by atoms with Crippen molar-refractivity contribution in [3.63, 3.8) is 0 Å². The molecule has 1 aliphatic rings. The number of carbonyl (C=O) groups excluding carboxylic acids is 2. The highest BCUT2D eigenvalue weighted by atomic mass is 19.4. The summed E-state index contributed by atoms with van der Waals surface area (Å²) in [6.45, 7) is 0.0897. The SMILES string of the molecule is CN1CC[C@](C#Cc2cccc(-c3nc(N(C)C)c4ccnc(N)c4n3)c2)(OC(=O)C(F)(F)F)C1=O. The lowest BCUT2D eigenvalue weighted by Crippen LogP contribution is -2.45. The van der Waals surface area contributed by atoms with Gasteiger partial charge in [0.2, 0.25) is 0 Å². The number of benzene rings is 1. The number of ether oxygens (including phenoxy) is 1. The quantitative estimate of drug-likeness (QED) is 0.433. The Morgan fingerprint density at radius 2 is 2.00 bits per heavy atom. The molecule has 0 aliphatic carbocycles. The number of nitrogens with two attached hydrogens (primary N) is 1. The number of alkyl halides is 3. The summed E-state index contributed by atoms with van der Waals surface area (Å²) in [5.74, 6) is 3.04. The van der Waals surface area contributed by atoms with Gasteiger partial charge in [0.05, 0.1) is 0 Å². The molecule has 1 amide bonds. The summed E-state index contributed by atoms with van der Waals surface area (Å²) in [4.78, 5) is 40.3. The molecule has 1 saturated heterocycles. The number of carbonyl (C=O) groups is 2. The molecule has 186 valence electrons. The molecule has 9 nitrogen and oxygen atoms in total. The van der Waals surface area contributed by atoms with E-state index in [2.05, 4.69) is 31.5 Å². The number of rotatable bonds is 3. The van der Waals surface area contributed by atoms with Gasteiger partial charge >= 0.3 is 12.1 Å². The van der Waals surface area contributed by atoms with E-state index in [0.717, 1.165) is 0 Å². The molecule has 2 N–H and O–H groups in total. The molecule has 1 fully saturated rings. The van der Waals surface area contributed by atoms with Crippen LogP contribution in [0, 0.1) is 11.8 Å². The standard InChI is InChI=1S/C24H21F3N6O3/c1-32(2)20-16-8-11-29-18(28)17(16)30-19(31-20)15-6-4-5-14(13-15)7-9-23(10-12-33(3)21(23)34)36-22(35)24(25,26)27/h4-6,8,11,13H,10,12H2,1-3H3,(H2,28,29)/t23-/m0/s1. The summed E-state index contributed by atoms with van der Waals surface area (Å²) in [5.41, 5.74) is 5.16. The first-order valence-corrected chi connectivity index (χ1v) is 10.7. The minimum Gasteiger partial charge on any atom is -0.429 e. The van der Waals surface area contributed by atoms with Crippen LogP contribution in [0.2, 0.25) is 0 Å². The van der Waals surface area contributed by atoms with Crippen molar-refractivity contribution in [1.82, 2.24) is 19.9 Å². The van der Waals surface area contributed by atoms with E-state index >= 15 is 0 Å². The molecule has 0 saturated carbocycles. The summed E-state index contributed by atoms with van der Waals surface area (Å²) in [7, 11) is 5.04. The first-order chi connectivity index (χ1) is 16.9. The molecule has 12 heteroatoms. The third-order valence-electron chi connectivity index (χ3n) is 5.57. The average Bonchev–Trinajstić information content (AvgIpc) is 3.11. The lowest BCUT2D eigenvalue weighted by molar-refractivity contribution is -0.209. The molecule has 4 rings (SSSR count). The van der Waals surface area contributed by atoms with Crippen molar-refractivity contribution in [2.45, 2.75) is 18.2 Å². The van der Waals surface area contributed by atoms with E-state index in [9.17, 15) is 22.8 Å². The summed E-state index contributed by atoms with van der Waals surface area (Å²) >= 11 is 0. The molecule has 1 aliphatic heterocycles. The molecule has 1 atom stereocenters. The van der Waals surface area contributed by atoms with Gasteiger partial charge in [-0.05, 0) is 24.1 Å². The van der Waals surface area contributed by atoms with E-state index in [1.807, 2.05) is 14.1 Å². The number of hydrogen-bond donors (Lipinski definition) is 1. The molecule has 3 aromatic rings.